The van der Waals surface area contributed by atoms with Gasteiger partial charge in [-0.15, -0.1) is 0 Å². The second kappa shape index (κ2) is 7.99. The van der Waals surface area contributed by atoms with E-state index in [4.69, 9.17) is 4.42 Å². The van der Waals surface area contributed by atoms with Crippen LogP contribution in [0.15, 0.2) is 82.3 Å². The zero-order valence-electron chi connectivity index (χ0n) is 13.9. The molecule has 0 unspecified atom stereocenters. The van der Waals surface area contributed by atoms with Gasteiger partial charge in [0.15, 0.2) is 0 Å². The summed E-state index contributed by atoms with van der Waals surface area (Å²) in [5.41, 5.74) is 1.45. The summed E-state index contributed by atoms with van der Waals surface area (Å²) < 4.78 is 32.1. The Kier molecular flexibility index (Phi) is 5.50. The van der Waals surface area contributed by atoms with E-state index in [2.05, 4.69) is 10.0 Å². The van der Waals surface area contributed by atoms with E-state index in [9.17, 15) is 13.2 Å². The number of furan rings is 1. The van der Waals surface area contributed by atoms with Crippen molar-refractivity contribution >= 4 is 21.6 Å². The highest BCUT2D eigenvalue weighted by Crippen LogP contribution is 2.15. The Balaban J connectivity index is 1.59. The first-order valence-electron chi connectivity index (χ1n) is 7.99. The van der Waals surface area contributed by atoms with Crippen molar-refractivity contribution in [2.45, 2.75) is 17.9 Å². The summed E-state index contributed by atoms with van der Waals surface area (Å²) >= 11 is 0. The highest BCUT2D eigenvalue weighted by molar-refractivity contribution is 7.89. The van der Waals surface area contributed by atoms with Gasteiger partial charge in [-0.3, -0.25) is 4.79 Å². The Hall–Kier alpha value is -2.90. The van der Waals surface area contributed by atoms with Gasteiger partial charge in [-0.1, -0.05) is 30.3 Å². The minimum Gasteiger partial charge on any atom is -0.468 e. The van der Waals surface area contributed by atoms with E-state index in [-0.39, 0.29) is 23.8 Å². The topological polar surface area (TPSA) is 88.4 Å². The molecule has 0 saturated heterocycles. The molecule has 2 aromatic carbocycles. The zero-order chi connectivity index (χ0) is 18.4. The molecule has 6 nitrogen and oxygen atoms in total. The van der Waals surface area contributed by atoms with E-state index in [1.807, 2.05) is 30.3 Å². The lowest BCUT2D eigenvalue weighted by atomic mass is 10.1. The lowest BCUT2D eigenvalue weighted by molar-refractivity contribution is -0.115. The Labute approximate surface area is 151 Å². The third-order valence-corrected chi connectivity index (χ3v) is 5.09. The summed E-state index contributed by atoms with van der Waals surface area (Å²) in [5.74, 6) is 0.362. The van der Waals surface area contributed by atoms with E-state index in [0.717, 1.165) is 5.56 Å². The van der Waals surface area contributed by atoms with Gasteiger partial charge in [0.1, 0.15) is 5.76 Å². The maximum absolute atomic E-state index is 12.3. The Morgan fingerprint density at radius 1 is 0.923 bits per heavy atom. The average Bonchev–Trinajstić information content (AvgIpc) is 3.15. The molecule has 7 heteroatoms. The molecule has 0 aliphatic carbocycles. The first-order valence-corrected chi connectivity index (χ1v) is 9.47. The van der Waals surface area contributed by atoms with E-state index >= 15 is 0 Å². The van der Waals surface area contributed by atoms with Crippen LogP contribution in [0.25, 0.3) is 0 Å². The van der Waals surface area contributed by atoms with Crippen LogP contribution in [-0.4, -0.2) is 14.3 Å². The summed E-state index contributed by atoms with van der Waals surface area (Å²) in [5, 5.41) is 2.75. The summed E-state index contributed by atoms with van der Waals surface area (Å²) in [7, 11) is -3.65. The molecule has 2 N–H and O–H groups in total. The minimum atomic E-state index is -3.65. The van der Waals surface area contributed by atoms with E-state index < -0.39 is 10.0 Å². The van der Waals surface area contributed by atoms with Crippen molar-refractivity contribution in [2.75, 3.05) is 5.32 Å². The quantitative estimate of drug-likeness (QED) is 0.669. The maximum Gasteiger partial charge on any atom is 0.240 e. The highest BCUT2D eigenvalue weighted by atomic mass is 32.2. The number of hydrogen-bond acceptors (Lipinski definition) is 4. The van der Waals surface area contributed by atoms with Crippen LogP contribution in [0.2, 0.25) is 0 Å². The Bertz CT molecular complexity index is 951. The summed E-state index contributed by atoms with van der Waals surface area (Å²) in [6.45, 7) is 0.0743. The molecule has 0 atom stereocenters. The maximum atomic E-state index is 12.3. The van der Waals surface area contributed by atoms with Crippen molar-refractivity contribution < 1.29 is 17.6 Å². The average molecular weight is 370 g/mol. The molecule has 26 heavy (non-hydrogen) atoms. The van der Waals surface area contributed by atoms with Gasteiger partial charge in [0.2, 0.25) is 15.9 Å². The molecule has 0 spiro atoms. The molecule has 0 aliphatic heterocycles. The monoisotopic (exact) mass is 370 g/mol. The van der Waals surface area contributed by atoms with Crippen molar-refractivity contribution in [3.05, 3.63) is 84.3 Å². The Morgan fingerprint density at radius 2 is 1.65 bits per heavy atom. The number of benzene rings is 2. The standard InChI is InChI=1S/C19H18N2O4S/c22-19(13-15-5-2-1-3-6-15)21-16-8-10-18(11-9-16)26(23,24)20-14-17-7-4-12-25-17/h1-12,20H,13-14H2,(H,21,22). The fraction of sp³-hybridized carbons (Fsp3) is 0.105. The summed E-state index contributed by atoms with van der Waals surface area (Å²) in [6, 6.07) is 18.8. The number of amides is 1. The van der Waals surface area contributed by atoms with Crippen LogP contribution in [0.4, 0.5) is 5.69 Å². The van der Waals surface area contributed by atoms with E-state index in [1.165, 1.54) is 18.4 Å². The molecular formula is C19H18N2O4S. The SMILES string of the molecule is O=C(Cc1ccccc1)Nc1ccc(S(=O)(=O)NCc2ccco2)cc1. The molecule has 0 radical (unpaired) electrons. The van der Waals surface area contributed by atoms with Crippen LogP contribution in [0.1, 0.15) is 11.3 Å². The fourth-order valence-corrected chi connectivity index (χ4v) is 3.36. The van der Waals surface area contributed by atoms with Crippen LogP contribution < -0.4 is 10.0 Å². The molecule has 0 fully saturated rings. The minimum absolute atomic E-state index is 0.0743. The van der Waals surface area contributed by atoms with Crippen LogP contribution in [0, 0.1) is 0 Å². The normalized spacial score (nSPS) is 11.2. The smallest absolute Gasteiger partial charge is 0.240 e. The molecule has 1 aromatic heterocycles. The van der Waals surface area contributed by atoms with E-state index in [1.54, 1.807) is 24.3 Å². The van der Waals surface area contributed by atoms with Gasteiger partial charge in [0.25, 0.3) is 0 Å². The molecule has 134 valence electrons. The van der Waals surface area contributed by atoms with E-state index in [0.29, 0.717) is 11.4 Å². The molecular weight excluding hydrogens is 352 g/mol. The molecule has 0 bridgehead atoms. The summed E-state index contributed by atoms with van der Waals surface area (Å²) in [4.78, 5) is 12.2. The van der Waals surface area contributed by atoms with Gasteiger partial charge < -0.3 is 9.73 Å². The van der Waals surface area contributed by atoms with Gasteiger partial charge in [-0.05, 0) is 42.0 Å². The zero-order valence-corrected chi connectivity index (χ0v) is 14.7. The lowest BCUT2D eigenvalue weighted by Crippen LogP contribution is -2.23. The summed E-state index contributed by atoms with van der Waals surface area (Å²) in [6.07, 6.45) is 1.74. The number of hydrogen-bond donors (Lipinski definition) is 2. The van der Waals surface area contributed by atoms with Gasteiger partial charge in [0.05, 0.1) is 24.1 Å². The van der Waals surface area contributed by atoms with Crippen molar-refractivity contribution in [3.63, 3.8) is 0 Å². The Morgan fingerprint density at radius 3 is 2.31 bits per heavy atom. The van der Waals surface area contributed by atoms with Crippen LogP contribution >= 0.6 is 0 Å². The van der Waals surface area contributed by atoms with Gasteiger partial charge in [0, 0.05) is 5.69 Å². The van der Waals surface area contributed by atoms with Gasteiger partial charge in [-0.25, -0.2) is 13.1 Å². The molecule has 3 aromatic rings. The number of carbonyl (C=O) groups is 1. The largest absolute Gasteiger partial charge is 0.468 e. The second-order valence-electron chi connectivity index (χ2n) is 5.64. The molecule has 3 rings (SSSR count). The number of nitrogens with one attached hydrogen (secondary N) is 2. The molecule has 1 heterocycles. The number of carbonyl (C=O) groups excluding carboxylic acids is 1. The molecule has 0 saturated carbocycles. The fourth-order valence-electron chi connectivity index (χ4n) is 2.37. The molecule has 1 amide bonds. The second-order valence-corrected chi connectivity index (χ2v) is 7.41. The third kappa shape index (κ3) is 4.81. The van der Waals surface area contributed by atoms with Crippen molar-refractivity contribution in [1.29, 1.82) is 0 Å². The van der Waals surface area contributed by atoms with Crippen LogP contribution in [0.5, 0.6) is 0 Å². The van der Waals surface area contributed by atoms with Gasteiger partial charge >= 0.3 is 0 Å². The highest BCUT2D eigenvalue weighted by Gasteiger charge is 2.14. The van der Waals surface area contributed by atoms with Crippen molar-refractivity contribution in [3.8, 4) is 0 Å². The van der Waals surface area contributed by atoms with Crippen LogP contribution in [0.3, 0.4) is 0 Å². The first-order chi connectivity index (χ1) is 12.5. The van der Waals surface area contributed by atoms with Crippen LogP contribution in [-0.2, 0) is 27.8 Å². The number of sulfonamides is 1. The van der Waals surface area contributed by atoms with Crippen molar-refractivity contribution in [2.24, 2.45) is 0 Å². The third-order valence-electron chi connectivity index (χ3n) is 3.67. The number of rotatable bonds is 7. The molecule has 0 aliphatic rings. The van der Waals surface area contributed by atoms with Gasteiger partial charge in [-0.2, -0.15) is 0 Å². The lowest BCUT2D eigenvalue weighted by Gasteiger charge is -2.08. The van der Waals surface area contributed by atoms with Crippen molar-refractivity contribution in [1.82, 2.24) is 4.72 Å². The first kappa shape index (κ1) is 17.9. The predicted octanol–water partition coefficient (Wildman–Crippen LogP) is 2.94. The number of anilines is 1. The predicted molar refractivity (Wildman–Crippen MR) is 98.0 cm³/mol.